The molecule has 0 fully saturated rings. The number of esters is 2. The van der Waals surface area contributed by atoms with Crippen molar-refractivity contribution < 1.29 is 37.0 Å². The minimum absolute atomic E-state index is 0.0315. The topological polar surface area (TPSA) is 161 Å². The lowest BCUT2D eigenvalue weighted by atomic mass is 10.0. The number of aromatic amines is 1. The molecule has 2 aromatic carbocycles. The summed E-state index contributed by atoms with van der Waals surface area (Å²) in [5.74, 6) is -1.47. The maximum absolute atomic E-state index is 14.3. The molecule has 0 bridgehead atoms. The molecule has 45 heavy (non-hydrogen) atoms. The number of sulfonamides is 1. The summed E-state index contributed by atoms with van der Waals surface area (Å²) < 4.78 is 45.7. The van der Waals surface area contributed by atoms with E-state index < -0.39 is 34.5 Å². The Hall–Kier alpha value is -4.53. The molecule has 0 aliphatic carbocycles. The zero-order valence-electron chi connectivity index (χ0n) is 24.7. The van der Waals surface area contributed by atoms with Crippen LogP contribution in [0.1, 0.15) is 35.7 Å². The molecule has 0 radical (unpaired) electrons. The highest BCUT2D eigenvalue weighted by Crippen LogP contribution is 2.30. The zero-order valence-corrected chi connectivity index (χ0v) is 26.3. The SMILES string of the molecule is COC(=O)CCCCOc1ccccc1[C@@H](NS(=O)(=O)c1ccc2[nH]c(=O)ccc2c1)C(=O)N(CC(=O)OC)Cc1cccs1. The third kappa shape index (κ3) is 9.00. The Bertz CT molecular complexity index is 1800. The number of aromatic nitrogens is 1. The van der Waals surface area contributed by atoms with Crippen LogP contribution in [0.15, 0.2) is 81.8 Å². The van der Waals surface area contributed by atoms with E-state index in [1.54, 1.807) is 36.4 Å². The fourth-order valence-corrected chi connectivity index (χ4v) is 6.40. The molecule has 4 aromatic rings. The minimum atomic E-state index is -4.35. The van der Waals surface area contributed by atoms with Crippen LogP contribution in [0.2, 0.25) is 0 Å². The van der Waals surface area contributed by atoms with Gasteiger partial charge in [0, 0.05) is 28.4 Å². The summed E-state index contributed by atoms with van der Waals surface area (Å²) in [6, 6.07) is 15.6. The van der Waals surface area contributed by atoms with Crippen molar-refractivity contribution in [3.05, 3.63) is 92.9 Å². The van der Waals surface area contributed by atoms with E-state index in [1.807, 2.05) is 5.38 Å². The average Bonchev–Trinajstić information content (AvgIpc) is 3.55. The highest BCUT2D eigenvalue weighted by molar-refractivity contribution is 7.89. The lowest BCUT2D eigenvalue weighted by Gasteiger charge is -2.28. The van der Waals surface area contributed by atoms with Crippen LogP contribution in [0.25, 0.3) is 10.9 Å². The van der Waals surface area contributed by atoms with Crippen LogP contribution in [0, 0.1) is 0 Å². The number of hydrogen-bond acceptors (Lipinski definition) is 10. The van der Waals surface area contributed by atoms with Crippen molar-refractivity contribution in [2.45, 2.75) is 36.7 Å². The molecule has 0 saturated heterocycles. The fourth-order valence-electron chi connectivity index (χ4n) is 4.48. The molecule has 0 aliphatic rings. The number of benzene rings is 2. The summed E-state index contributed by atoms with van der Waals surface area (Å²) in [6.07, 6.45) is 1.22. The van der Waals surface area contributed by atoms with Crippen molar-refractivity contribution >= 4 is 50.1 Å². The lowest BCUT2D eigenvalue weighted by Crippen LogP contribution is -2.44. The maximum Gasteiger partial charge on any atom is 0.325 e. The molecule has 1 amide bonds. The van der Waals surface area contributed by atoms with Crippen LogP contribution in [0.4, 0.5) is 0 Å². The van der Waals surface area contributed by atoms with Gasteiger partial charge in [0.2, 0.25) is 21.5 Å². The number of H-pyrrole nitrogens is 1. The van der Waals surface area contributed by atoms with Gasteiger partial charge in [0.05, 0.1) is 32.3 Å². The van der Waals surface area contributed by atoms with Gasteiger partial charge in [0.15, 0.2) is 0 Å². The Kier molecular flexibility index (Phi) is 11.5. The first-order valence-electron chi connectivity index (χ1n) is 13.9. The van der Waals surface area contributed by atoms with E-state index >= 15 is 0 Å². The normalized spacial score (nSPS) is 12.0. The molecule has 1 atom stereocenters. The molecule has 12 nitrogen and oxygen atoms in total. The highest BCUT2D eigenvalue weighted by Gasteiger charge is 2.34. The first kappa shape index (κ1) is 33.4. The van der Waals surface area contributed by atoms with Gasteiger partial charge < -0.3 is 24.1 Å². The Morgan fingerprint density at radius 1 is 0.956 bits per heavy atom. The molecule has 0 aliphatic heterocycles. The summed E-state index contributed by atoms with van der Waals surface area (Å²) in [7, 11) is -1.84. The smallest absolute Gasteiger partial charge is 0.325 e. The minimum Gasteiger partial charge on any atom is -0.493 e. The van der Waals surface area contributed by atoms with Gasteiger partial charge in [-0.1, -0.05) is 24.3 Å². The van der Waals surface area contributed by atoms with Gasteiger partial charge >= 0.3 is 11.9 Å². The number of nitrogens with one attached hydrogen (secondary N) is 2. The van der Waals surface area contributed by atoms with Crippen molar-refractivity contribution in [1.29, 1.82) is 0 Å². The quantitative estimate of drug-likeness (QED) is 0.144. The number of carbonyl (C=O) groups excluding carboxylic acids is 3. The first-order valence-corrected chi connectivity index (χ1v) is 16.3. The number of ether oxygens (including phenoxy) is 3. The third-order valence-corrected chi connectivity index (χ3v) is 9.08. The number of carbonyl (C=O) groups is 3. The molecule has 0 saturated carbocycles. The van der Waals surface area contributed by atoms with E-state index in [2.05, 4.69) is 14.4 Å². The summed E-state index contributed by atoms with van der Waals surface area (Å²) in [5.41, 5.74) is 0.339. The monoisotopic (exact) mass is 655 g/mol. The largest absolute Gasteiger partial charge is 0.493 e. The van der Waals surface area contributed by atoms with Gasteiger partial charge in [-0.15, -0.1) is 11.3 Å². The summed E-state index contributed by atoms with van der Waals surface area (Å²) in [6.45, 7) is -0.208. The Labute approximate surface area is 264 Å². The standard InChI is InChI=1S/C31H33N3O9S2/c1-41-28(36)11-5-6-16-43-26-10-4-3-9-24(26)30(31(38)34(20-29(37)42-2)19-22-8-7-17-44-22)33-45(39,40)23-13-14-25-21(18-23)12-15-27(35)32-25/h3-4,7-10,12-15,17-18,30,33H,5-6,11,16,19-20H2,1-2H3,(H,32,35)/t30-/m1/s1. The summed E-state index contributed by atoms with van der Waals surface area (Å²) >= 11 is 1.38. The number of amides is 1. The molecule has 2 N–H and O–H groups in total. The highest BCUT2D eigenvalue weighted by atomic mass is 32.2. The molecule has 0 unspecified atom stereocenters. The van der Waals surface area contributed by atoms with Crippen LogP contribution in [-0.4, -0.2) is 63.5 Å². The molecular weight excluding hydrogens is 622 g/mol. The lowest BCUT2D eigenvalue weighted by molar-refractivity contribution is -0.148. The van der Waals surface area contributed by atoms with Gasteiger partial charge in [-0.25, -0.2) is 8.42 Å². The van der Waals surface area contributed by atoms with Crippen LogP contribution in [0.5, 0.6) is 5.75 Å². The molecule has 4 rings (SSSR count). The molecule has 2 heterocycles. The Balaban J connectivity index is 1.70. The Morgan fingerprint density at radius 2 is 1.73 bits per heavy atom. The molecule has 14 heteroatoms. The summed E-state index contributed by atoms with van der Waals surface area (Å²) in [4.78, 5) is 54.3. The molecular formula is C31H33N3O9S2. The maximum atomic E-state index is 14.3. The van der Waals surface area contributed by atoms with Crippen LogP contribution in [-0.2, 0) is 40.4 Å². The van der Waals surface area contributed by atoms with Crippen LogP contribution >= 0.6 is 11.3 Å². The fraction of sp³-hybridized carbons (Fsp3) is 0.290. The predicted molar refractivity (Wildman–Crippen MR) is 167 cm³/mol. The predicted octanol–water partition coefficient (Wildman–Crippen LogP) is 3.53. The second kappa shape index (κ2) is 15.5. The van der Waals surface area contributed by atoms with Crippen molar-refractivity contribution in [2.24, 2.45) is 0 Å². The van der Waals surface area contributed by atoms with Crippen LogP contribution in [0.3, 0.4) is 0 Å². The molecule has 2 aromatic heterocycles. The Morgan fingerprint density at radius 3 is 2.47 bits per heavy atom. The number of para-hydroxylation sites is 1. The molecule has 0 spiro atoms. The van der Waals surface area contributed by atoms with E-state index in [9.17, 15) is 27.6 Å². The van der Waals surface area contributed by atoms with Gasteiger partial charge in [0.1, 0.15) is 18.3 Å². The second-order valence-corrected chi connectivity index (χ2v) is 12.6. The van der Waals surface area contributed by atoms with Crippen molar-refractivity contribution in [3.8, 4) is 5.75 Å². The van der Waals surface area contributed by atoms with Gasteiger partial charge in [-0.3, -0.25) is 19.2 Å². The van der Waals surface area contributed by atoms with E-state index in [-0.39, 0.29) is 47.3 Å². The second-order valence-electron chi connectivity index (χ2n) is 9.90. The van der Waals surface area contributed by atoms with E-state index in [1.165, 1.54) is 60.8 Å². The van der Waals surface area contributed by atoms with E-state index in [4.69, 9.17) is 9.47 Å². The van der Waals surface area contributed by atoms with E-state index in [0.717, 1.165) is 4.88 Å². The number of nitrogens with zero attached hydrogens (tertiary/aromatic N) is 1. The number of thiophene rings is 1. The first-order chi connectivity index (χ1) is 21.6. The van der Waals surface area contributed by atoms with Crippen molar-refractivity contribution in [3.63, 3.8) is 0 Å². The average molecular weight is 656 g/mol. The van der Waals surface area contributed by atoms with Crippen molar-refractivity contribution in [2.75, 3.05) is 27.4 Å². The number of fused-ring (bicyclic) bond motifs is 1. The van der Waals surface area contributed by atoms with Gasteiger partial charge in [-0.2, -0.15) is 4.72 Å². The van der Waals surface area contributed by atoms with E-state index in [0.29, 0.717) is 23.7 Å². The van der Waals surface area contributed by atoms with Crippen LogP contribution < -0.4 is 15.0 Å². The number of pyridine rings is 1. The molecule has 238 valence electrons. The zero-order chi connectivity index (χ0) is 32.4. The number of rotatable bonds is 15. The number of methoxy groups -OCH3 is 2. The van der Waals surface area contributed by atoms with Gasteiger partial charge in [-0.05, 0) is 60.0 Å². The summed E-state index contributed by atoms with van der Waals surface area (Å²) in [5, 5.41) is 2.30. The number of unbranched alkanes of at least 4 members (excludes halogenated alkanes) is 1. The number of hydrogen-bond donors (Lipinski definition) is 2. The van der Waals surface area contributed by atoms with Crippen molar-refractivity contribution in [1.82, 2.24) is 14.6 Å². The van der Waals surface area contributed by atoms with Gasteiger partial charge in [0.25, 0.3) is 0 Å². The third-order valence-electron chi connectivity index (χ3n) is 6.80.